The predicted molar refractivity (Wildman–Crippen MR) is 55.9 cm³/mol. The molecule has 0 radical (unpaired) electrons. The first-order chi connectivity index (χ1) is 6.66. The van der Waals surface area contributed by atoms with Crippen LogP contribution in [0.5, 0.6) is 0 Å². The summed E-state index contributed by atoms with van der Waals surface area (Å²) in [6.45, 7) is 2.00. The topological polar surface area (TPSA) is 56.7 Å². The van der Waals surface area contributed by atoms with E-state index in [0.29, 0.717) is 0 Å². The van der Waals surface area contributed by atoms with Crippen LogP contribution in [0.1, 0.15) is 12.5 Å². The second kappa shape index (κ2) is 3.38. The van der Waals surface area contributed by atoms with Gasteiger partial charge in [0.05, 0.1) is 5.52 Å². The third kappa shape index (κ3) is 1.61. The molecule has 0 saturated heterocycles. The summed E-state index contributed by atoms with van der Waals surface area (Å²) in [4.78, 5) is 0. The predicted octanol–water partition coefficient (Wildman–Crippen LogP) is 0.858. The SMILES string of the molecule is CC(N)Cc1ccc2c(c1)nnn2C. The molecule has 0 spiro atoms. The van der Waals surface area contributed by atoms with Crippen LogP contribution in [0.25, 0.3) is 11.0 Å². The van der Waals surface area contributed by atoms with E-state index >= 15 is 0 Å². The van der Waals surface area contributed by atoms with E-state index in [2.05, 4.69) is 16.4 Å². The molecule has 2 rings (SSSR count). The van der Waals surface area contributed by atoms with E-state index in [0.717, 1.165) is 17.5 Å². The zero-order chi connectivity index (χ0) is 10.1. The van der Waals surface area contributed by atoms with Gasteiger partial charge in [-0.15, -0.1) is 5.10 Å². The largest absolute Gasteiger partial charge is 0.328 e. The minimum atomic E-state index is 0.184. The Kier molecular flexibility index (Phi) is 2.21. The minimum absolute atomic E-state index is 0.184. The molecule has 0 saturated carbocycles. The van der Waals surface area contributed by atoms with Crippen molar-refractivity contribution in [3.05, 3.63) is 23.8 Å². The quantitative estimate of drug-likeness (QED) is 0.764. The summed E-state index contributed by atoms with van der Waals surface area (Å²) in [6, 6.07) is 6.34. The molecule has 0 amide bonds. The van der Waals surface area contributed by atoms with Gasteiger partial charge in [0.2, 0.25) is 0 Å². The number of fused-ring (bicyclic) bond motifs is 1. The molecule has 4 nitrogen and oxygen atoms in total. The number of nitrogens with two attached hydrogens (primary N) is 1. The average molecular weight is 190 g/mol. The summed E-state index contributed by atoms with van der Waals surface area (Å²) in [5.41, 5.74) is 8.94. The molecule has 1 heterocycles. The molecule has 0 aliphatic carbocycles. The molecule has 0 aliphatic heterocycles. The molecule has 1 aromatic heterocycles. The zero-order valence-corrected chi connectivity index (χ0v) is 8.44. The van der Waals surface area contributed by atoms with Gasteiger partial charge < -0.3 is 5.73 Å². The molecule has 1 aromatic carbocycles. The lowest BCUT2D eigenvalue weighted by Gasteiger charge is -2.04. The fourth-order valence-electron chi connectivity index (χ4n) is 1.58. The second-order valence-electron chi connectivity index (χ2n) is 3.72. The van der Waals surface area contributed by atoms with E-state index in [1.807, 2.05) is 26.1 Å². The van der Waals surface area contributed by atoms with Crippen molar-refractivity contribution in [2.24, 2.45) is 12.8 Å². The molecule has 0 fully saturated rings. The van der Waals surface area contributed by atoms with Crippen LogP contribution in [0.4, 0.5) is 0 Å². The smallest absolute Gasteiger partial charge is 0.113 e. The van der Waals surface area contributed by atoms with Crippen LogP contribution in [0.2, 0.25) is 0 Å². The Morgan fingerprint density at radius 3 is 3.00 bits per heavy atom. The van der Waals surface area contributed by atoms with E-state index in [1.54, 1.807) is 4.68 Å². The van der Waals surface area contributed by atoms with E-state index in [9.17, 15) is 0 Å². The van der Waals surface area contributed by atoms with Gasteiger partial charge in [0, 0.05) is 13.1 Å². The molecule has 0 aliphatic rings. The molecule has 4 heteroatoms. The summed E-state index contributed by atoms with van der Waals surface area (Å²) in [7, 11) is 1.89. The maximum atomic E-state index is 5.73. The molecule has 0 bridgehead atoms. The van der Waals surface area contributed by atoms with Gasteiger partial charge in [0.15, 0.2) is 0 Å². The van der Waals surface area contributed by atoms with E-state index < -0.39 is 0 Å². The number of hydrogen-bond donors (Lipinski definition) is 1. The number of aryl methyl sites for hydroxylation is 1. The minimum Gasteiger partial charge on any atom is -0.328 e. The van der Waals surface area contributed by atoms with Crippen molar-refractivity contribution in [3.63, 3.8) is 0 Å². The van der Waals surface area contributed by atoms with Gasteiger partial charge in [-0.2, -0.15) is 0 Å². The van der Waals surface area contributed by atoms with Crippen molar-refractivity contribution in [1.82, 2.24) is 15.0 Å². The van der Waals surface area contributed by atoms with Crippen LogP contribution >= 0.6 is 0 Å². The highest BCUT2D eigenvalue weighted by atomic mass is 15.4. The van der Waals surface area contributed by atoms with E-state index in [-0.39, 0.29) is 6.04 Å². The Morgan fingerprint density at radius 1 is 1.50 bits per heavy atom. The van der Waals surface area contributed by atoms with Crippen molar-refractivity contribution in [3.8, 4) is 0 Å². The maximum Gasteiger partial charge on any atom is 0.113 e. The third-order valence-electron chi connectivity index (χ3n) is 2.23. The molecule has 14 heavy (non-hydrogen) atoms. The Bertz CT molecular complexity index is 444. The second-order valence-corrected chi connectivity index (χ2v) is 3.72. The highest BCUT2D eigenvalue weighted by molar-refractivity contribution is 5.74. The summed E-state index contributed by atoms with van der Waals surface area (Å²) in [5, 5.41) is 8.01. The van der Waals surface area contributed by atoms with Gasteiger partial charge in [0.1, 0.15) is 5.52 Å². The van der Waals surface area contributed by atoms with Crippen LogP contribution in [-0.2, 0) is 13.5 Å². The monoisotopic (exact) mass is 190 g/mol. The van der Waals surface area contributed by atoms with Gasteiger partial charge in [0.25, 0.3) is 0 Å². The van der Waals surface area contributed by atoms with Gasteiger partial charge in [-0.1, -0.05) is 11.3 Å². The lowest BCUT2D eigenvalue weighted by Crippen LogP contribution is -2.17. The Hall–Kier alpha value is -1.42. The Morgan fingerprint density at radius 2 is 2.29 bits per heavy atom. The highest BCUT2D eigenvalue weighted by Gasteiger charge is 2.03. The lowest BCUT2D eigenvalue weighted by atomic mass is 10.1. The van der Waals surface area contributed by atoms with Crippen molar-refractivity contribution in [1.29, 1.82) is 0 Å². The standard InChI is InChI=1S/C10H14N4/c1-7(11)5-8-3-4-10-9(6-8)12-13-14(10)2/h3-4,6-7H,5,11H2,1-2H3. The lowest BCUT2D eigenvalue weighted by molar-refractivity contribution is 0.736. The number of aromatic nitrogens is 3. The number of rotatable bonds is 2. The molecular weight excluding hydrogens is 176 g/mol. The summed E-state index contributed by atoms with van der Waals surface area (Å²) >= 11 is 0. The summed E-state index contributed by atoms with van der Waals surface area (Å²) in [6.07, 6.45) is 0.881. The Labute approximate surface area is 82.7 Å². The third-order valence-corrected chi connectivity index (χ3v) is 2.23. The molecule has 2 N–H and O–H groups in total. The molecular formula is C10H14N4. The average Bonchev–Trinajstić information content (AvgIpc) is 2.46. The van der Waals surface area contributed by atoms with Crippen molar-refractivity contribution in [2.75, 3.05) is 0 Å². The fraction of sp³-hybridized carbons (Fsp3) is 0.400. The normalized spacial score (nSPS) is 13.4. The van der Waals surface area contributed by atoms with Crippen molar-refractivity contribution in [2.45, 2.75) is 19.4 Å². The fourth-order valence-corrected chi connectivity index (χ4v) is 1.58. The number of benzene rings is 1. The van der Waals surface area contributed by atoms with Gasteiger partial charge in [-0.05, 0) is 31.0 Å². The van der Waals surface area contributed by atoms with Crippen LogP contribution in [0.15, 0.2) is 18.2 Å². The Balaban J connectivity index is 2.42. The molecule has 1 unspecified atom stereocenters. The highest BCUT2D eigenvalue weighted by Crippen LogP contribution is 2.13. The van der Waals surface area contributed by atoms with E-state index in [1.165, 1.54) is 5.56 Å². The van der Waals surface area contributed by atoms with Crippen LogP contribution in [-0.4, -0.2) is 21.0 Å². The first-order valence-corrected chi connectivity index (χ1v) is 4.70. The van der Waals surface area contributed by atoms with Crippen LogP contribution in [0, 0.1) is 0 Å². The van der Waals surface area contributed by atoms with E-state index in [4.69, 9.17) is 5.73 Å². The van der Waals surface area contributed by atoms with Crippen LogP contribution in [0.3, 0.4) is 0 Å². The molecule has 2 aromatic rings. The van der Waals surface area contributed by atoms with Crippen molar-refractivity contribution < 1.29 is 0 Å². The molecule has 1 atom stereocenters. The van der Waals surface area contributed by atoms with Crippen LogP contribution < -0.4 is 5.73 Å². The van der Waals surface area contributed by atoms with Gasteiger partial charge in [-0.3, -0.25) is 0 Å². The molecule has 74 valence electrons. The zero-order valence-electron chi connectivity index (χ0n) is 8.44. The number of hydrogen-bond acceptors (Lipinski definition) is 3. The van der Waals surface area contributed by atoms with Gasteiger partial charge in [-0.25, -0.2) is 4.68 Å². The first kappa shape index (κ1) is 9.15. The van der Waals surface area contributed by atoms with Crippen molar-refractivity contribution >= 4 is 11.0 Å². The summed E-state index contributed by atoms with van der Waals surface area (Å²) in [5.74, 6) is 0. The summed E-state index contributed by atoms with van der Waals surface area (Å²) < 4.78 is 1.77. The first-order valence-electron chi connectivity index (χ1n) is 4.70. The number of nitrogens with zero attached hydrogens (tertiary/aromatic N) is 3. The van der Waals surface area contributed by atoms with Gasteiger partial charge >= 0.3 is 0 Å². The maximum absolute atomic E-state index is 5.73.